The molecule has 0 aromatic heterocycles. The Kier molecular flexibility index (Phi) is 31.7. The second kappa shape index (κ2) is 31.1. The van der Waals surface area contributed by atoms with E-state index in [4.69, 9.17) is 28.4 Å². The van der Waals surface area contributed by atoms with Gasteiger partial charge in [-0.05, 0) is 26.5 Å². The molecule has 0 spiro atoms. The SMILES string of the molecule is CC.CCN(CCC(C)SC)C(=O)OCCOCCOCCOCCOCCOCCNC(=O)CCC(C)=O. The fourth-order valence-electron chi connectivity index (χ4n) is 2.74. The summed E-state index contributed by atoms with van der Waals surface area (Å²) in [5, 5.41) is 3.21. The number of Topliss-reactive ketones (excluding diaryl/α,β-unsaturated/α-hetero) is 1. The zero-order valence-corrected chi connectivity index (χ0v) is 25.9. The molecule has 0 aliphatic heterocycles. The summed E-state index contributed by atoms with van der Waals surface area (Å²) in [6, 6.07) is 0. The van der Waals surface area contributed by atoms with E-state index < -0.39 is 0 Å². The topological polar surface area (TPSA) is 122 Å². The number of thioether (sulfide) groups is 1. The molecule has 11 nitrogen and oxygen atoms in total. The number of carbonyl (C=O) groups excluding carboxylic acids is 3. The Labute approximate surface area is 240 Å². The number of hydrogen-bond donors (Lipinski definition) is 1. The Morgan fingerprint density at radius 3 is 1.67 bits per heavy atom. The summed E-state index contributed by atoms with van der Waals surface area (Å²) in [4.78, 5) is 36.0. The lowest BCUT2D eigenvalue weighted by Gasteiger charge is -2.21. The zero-order valence-electron chi connectivity index (χ0n) is 25.1. The van der Waals surface area contributed by atoms with Gasteiger partial charge < -0.3 is 43.4 Å². The highest BCUT2D eigenvalue weighted by molar-refractivity contribution is 7.99. The monoisotopic (exact) mass is 582 g/mol. The number of carbonyl (C=O) groups is 3. The van der Waals surface area contributed by atoms with Crippen molar-refractivity contribution in [1.82, 2.24) is 10.2 Å². The third kappa shape index (κ3) is 29.4. The largest absolute Gasteiger partial charge is 0.447 e. The number of amides is 2. The molecule has 232 valence electrons. The van der Waals surface area contributed by atoms with Crippen molar-refractivity contribution in [1.29, 1.82) is 0 Å². The molecule has 1 unspecified atom stereocenters. The van der Waals surface area contributed by atoms with Gasteiger partial charge in [0.1, 0.15) is 12.4 Å². The van der Waals surface area contributed by atoms with Crippen LogP contribution in [-0.2, 0) is 38.0 Å². The molecular formula is C27H54N2O9S. The van der Waals surface area contributed by atoms with Gasteiger partial charge in [-0.2, -0.15) is 11.8 Å². The molecule has 2 amide bonds. The maximum atomic E-state index is 12.1. The van der Waals surface area contributed by atoms with Crippen molar-refractivity contribution in [3.8, 4) is 0 Å². The van der Waals surface area contributed by atoms with Gasteiger partial charge in [-0.1, -0.05) is 20.8 Å². The van der Waals surface area contributed by atoms with E-state index in [0.29, 0.717) is 91.0 Å². The van der Waals surface area contributed by atoms with Gasteiger partial charge in [-0.15, -0.1) is 0 Å². The number of ketones is 1. The fourth-order valence-corrected chi connectivity index (χ4v) is 3.08. The minimum absolute atomic E-state index is 0.00362. The Balaban J connectivity index is 0. The van der Waals surface area contributed by atoms with Gasteiger partial charge in [0.05, 0.1) is 66.1 Å². The van der Waals surface area contributed by atoms with E-state index in [2.05, 4.69) is 18.5 Å². The molecule has 0 rings (SSSR count). The van der Waals surface area contributed by atoms with Crippen LogP contribution in [0.3, 0.4) is 0 Å². The van der Waals surface area contributed by atoms with Crippen LogP contribution in [0.5, 0.6) is 0 Å². The second-order valence-electron chi connectivity index (χ2n) is 8.14. The first-order chi connectivity index (χ1) is 18.9. The Morgan fingerprint density at radius 1 is 0.769 bits per heavy atom. The standard InChI is InChI=1S/C25H48N2O9S.C2H6/c1-5-27(10-8-23(3)37-4)25(30)36-21-20-35-19-18-34-17-16-33-15-14-32-13-12-31-11-9-26-24(29)7-6-22(2)28;1-2/h23H,5-21H2,1-4H3,(H,26,29);1-2H3. The molecule has 0 fully saturated rings. The first kappa shape index (κ1) is 39.7. The predicted molar refractivity (Wildman–Crippen MR) is 155 cm³/mol. The number of nitrogens with zero attached hydrogens (tertiary/aromatic N) is 1. The van der Waals surface area contributed by atoms with Crippen molar-refractivity contribution in [3.05, 3.63) is 0 Å². The molecule has 0 heterocycles. The van der Waals surface area contributed by atoms with Crippen LogP contribution >= 0.6 is 11.8 Å². The van der Waals surface area contributed by atoms with Crippen molar-refractivity contribution >= 4 is 29.5 Å². The van der Waals surface area contributed by atoms with E-state index in [1.807, 2.05) is 20.8 Å². The smallest absolute Gasteiger partial charge is 0.409 e. The van der Waals surface area contributed by atoms with Crippen molar-refractivity contribution in [2.75, 3.05) is 98.6 Å². The van der Waals surface area contributed by atoms with Gasteiger partial charge in [0.15, 0.2) is 0 Å². The van der Waals surface area contributed by atoms with Gasteiger partial charge in [-0.3, -0.25) is 4.79 Å². The number of rotatable bonds is 26. The van der Waals surface area contributed by atoms with E-state index >= 15 is 0 Å². The van der Waals surface area contributed by atoms with Crippen molar-refractivity contribution in [3.63, 3.8) is 0 Å². The minimum Gasteiger partial charge on any atom is -0.447 e. The molecule has 0 aromatic rings. The summed E-state index contributed by atoms with van der Waals surface area (Å²) in [5.41, 5.74) is 0. The summed E-state index contributed by atoms with van der Waals surface area (Å²) >= 11 is 1.79. The maximum Gasteiger partial charge on any atom is 0.409 e. The summed E-state index contributed by atoms with van der Waals surface area (Å²) < 4.78 is 32.3. The highest BCUT2D eigenvalue weighted by Crippen LogP contribution is 2.10. The molecule has 0 bridgehead atoms. The van der Waals surface area contributed by atoms with Crippen molar-refractivity contribution < 1.29 is 42.8 Å². The van der Waals surface area contributed by atoms with Crippen LogP contribution in [0.2, 0.25) is 0 Å². The van der Waals surface area contributed by atoms with Gasteiger partial charge >= 0.3 is 6.09 Å². The molecule has 0 saturated carbocycles. The van der Waals surface area contributed by atoms with Crippen LogP contribution < -0.4 is 5.32 Å². The van der Waals surface area contributed by atoms with Gasteiger partial charge in [0.25, 0.3) is 0 Å². The molecular weight excluding hydrogens is 528 g/mol. The summed E-state index contributed by atoms with van der Waals surface area (Å²) in [6.07, 6.45) is 3.19. The lowest BCUT2D eigenvalue weighted by atomic mass is 10.2. The number of hydrogen-bond acceptors (Lipinski definition) is 10. The molecule has 39 heavy (non-hydrogen) atoms. The third-order valence-corrected chi connectivity index (χ3v) is 6.10. The van der Waals surface area contributed by atoms with Crippen LogP contribution in [0.25, 0.3) is 0 Å². The second-order valence-corrected chi connectivity index (χ2v) is 9.42. The van der Waals surface area contributed by atoms with Gasteiger partial charge in [0, 0.05) is 37.7 Å². The zero-order chi connectivity index (χ0) is 29.6. The van der Waals surface area contributed by atoms with E-state index in [9.17, 15) is 14.4 Å². The predicted octanol–water partition coefficient (Wildman–Crippen LogP) is 3.18. The van der Waals surface area contributed by atoms with Crippen molar-refractivity contribution in [2.45, 2.75) is 59.1 Å². The van der Waals surface area contributed by atoms with E-state index in [1.165, 1.54) is 6.92 Å². The number of ether oxygens (including phenoxy) is 6. The summed E-state index contributed by atoms with van der Waals surface area (Å²) in [5.74, 6) is -0.142. The highest BCUT2D eigenvalue weighted by atomic mass is 32.2. The minimum atomic E-state index is -0.298. The van der Waals surface area contributed by atoms with E-state index in [0.717, 1.165) is 6.42 Å². The van der Waals surface area contributed by atoms with Gasteiger partial charge in [-0.25, -0.2) is 4.79 Å². The van der Waals surface area contributed by atoms with E-state index in [1.54, 1.807) is 16.7 Å². The first-order valence-corrected chi connectivity index (χ1v) is 15.3. The maximum absolute atomic E-state index is 12.1. The molecule has 12 heteroatoms. The summed E-state index contributed by atoms with van der Waals surface area (Å²) in [6.45, 7) is 15.8. The quantitative estimate of drug-likeness (QED) is 0.152. The Morgan fingerprint density at radius 2 is 1.23 bits per heavy atom. The third-order valence-electron chi connectivity index (χ3n) is 5.06. The molecule has 0 radical (unpaired) electrons. The molecule has 0 saturated heterocycles. The molecule has 1 atom stereocenters. The van der Waals surface area contributed by atoms with Crippen LogP contribution in [0.1, 0.15) is 53.9 Å². The van der Waals surface area contributed by atoms with E-state index in [-0.39, 0.29) is 37.2 Å². The number of nitrogens with one attached hydrogen (secondary N) is 1. The van der Waals surface area contributed by atoms with Crippen LogP contribution in [0.15, 0.2) is 0 Å². The Hall–Kier alpha value is -1.44. The van der Waals surface area contributed by atoms with Crippen molar-refractivity contribution in [2.24, 2.45) is 0 Å². The molecule has 0 aliphatic rings. The van der Waals surface area contributed by atoms with Crippen LogP contribution in [0, 0.1) is 0 Å². The average Bonchev–Trinajstić information content (AvgIpc) is 2.94. The van der Waals surface area contributed by atoms with Crippen LogP contribution in [-0.4, -0.2) is 126 Å². The highest BCUT2D eigenvalue weighted by Gasteiger charge is 2.13. The van der Waals surface area contributed by atoms with Crippen LogP contribution in [0.4, 0.5) is 4.79 Å². The summed E-state index contributed by atoms with van der Waals surface area (Å²) in [7, 11) is 0. The lowest BCUT2D eigenvalue weighted by molar-refractivity contribution is -0.124. The molecule has 0 aromatic carbocycles. The first-order valence-electron chi connectivity index (χ1n) is 14.0. The average molecular weight is 583 g/mol. The Bertz CT molecular complexity index is 585. The molecule has 0 aliphatic carbocycles. The lowest BCUT2D eigenvalue weighted by Crippen LogP contribution is -2.34. The van der Waals surface area contributed by atoms with Gasteiger partial charge in [0.2, 0.25) is 5.91 Å². The molecule has 1 N–H and O–H groups in total. The fraction of sp³-hybridized carbons (Fsp3) is 0.889. The normalized spacial score (nSPS) is 11.3.